The smallest absolute Gasteiger partial charge is 0.139 e. The number of ether oxygens (including phenoxy) is 1. The Bertz CT molecular complexity index is 4440. The van der Waals surface area contributed by atoms with Gasteiger partial charge in [-0.1, -0.05) is 133 Å². The molecule has 71 heavy (non-hydrogen) atoms. The van der Waals surface area contributed by atoms with E-state index in [0.29, 0.717) is 0 Å². The molecule has 7 nitrogen and oxygen atoms in total. The predicted octanol–water partition coefficient (Wildman–Crippen LogP) is 15.3. The molecule has 0 unspecified atom stereocenters. The molecule has 7 heterocycles. The van der Waals surface area contributed by atoms with Crippen molar-refractivity contribution >= 4 is 65.4 Å². The number of hydrogen-bond acceptors (Lipinski definition) is 4. The molecule has 0 amide bonds. The standard InChI is InChI=1S/C64H38N6O/c1-8-22-53-43(15-1)44-16-2-9-23-54(44)68(53)41-31-32-65-61(36-41)70-57-26-12-5-19-47(57)48-33-39(29-30-58(48)70)40-34-51-62(66-37-40)63-52(64(51)49-20-6-13-27-59(49)71-60-28-14-7-21-50(60)64)35-42(38-67-63)69-55-24-10-3-17-45(55)46-18-4-11-25-56(46)69/h1-38H. The van der Waals surface area contributed by atoms with E-state index in [1.54, 1.807) is 0 Å². The second kappa shape index (κ2) is 14.2. The minimum atomic E-state index is -0.784. The molecule has 0 saturated carbocycles. The molecular weight excluding hydrogens is 869 g/mol. The normalized spacial score (nSPS) is 13.3. The third-order valence-electron chi connectivity index (χ3n) is 15.2. The van der Waals surface area contributed by atoms with Crippen molar-refractivity contribution in [2.24, 2.45) is 0 Å². The van der Waals surface area contributed by atoms with Crippen molar-refractivity contribution in [3.8, 4) is 51.2 Å². The highest BCUT2D eigenvalue weighted by molar-refractivity contribution is 6.12. The van der Waals surface area contributed by atoms with E-state index in [1.807, 2.05) is 18.6 Å². The zero-order chi connectivity index (χ0) is 46.4. The van der Waals surface area contributed by atoms with Crippen LogP contribution in [0.15, 0.2) is 231 Å². The summed E-state index contributed by atoms with van der Waals surface area (Å²) in [6, 6.07) is 76.0. The Balaban J connectivity index is 0.896. The van der Waals surface area contributed by atoms with Gasteiger partial charge in [-0.15, -0.1) is 0 Å². The molecule has 0 bridgehead atoms. The van der Waals surface area contributed by atoms with Crippen molar-refractivity contribution in [1.29, 1.82) is 0 Å². The molecule has 14 aromatic rings. The molecule has 1 aliphatic carbocycles. The summed E-state index contributed by atoms with van der Waals surface area (Å²) in [5, 5.41) is 7.16. The highest BCUT2D eigenvalue weighted by Gasteiger charge is 2.53. The van der Waals surface area contributed by atoms with E-state index < -0.39 is 5.41 Å². The second-order valence-electron chi connectivity index (χ2n) is 18.8. The van der Waals surface area contributed by atoms with Gasteiger partial charge in [0.15, 0.2) is 0 Å². The number of para-hydroxylation sites is 7. The first-order chi connectivity index (χ1) is 35.2. The molecule has 2 aliphatic rings. The number of nitrogens with zero attached hydrogens (tertiary/aromatic N) is 6. The van der Waals surface area contributed by atoms with Crippen LogP contribution in [0, 0.1) is 0 Å². The molecule has 0 atom stereocenters. The van der Waals surface area contributed by atoms with Gasteiger partial charge in [-0.05, 0) is 78.4 Å². The third kappa shape index (κ3) is 5.13. The maximum atomic E-state index is 6.77. The Morgan fingerprint density at radius 2 is 0.789 bits per heavy atom. The summed E-state index contributed by atoms with van der Waals surface area (Å²) in [6.45, 7) is 0. The Morgan fingerprint density at radius 3 is 1.38 bits per heavy atom. The van der Waals surface area contributed by atoms with Crippen molar-refractivity contribution in [3.63, 3.8) is 0 Å². The molecule has 6 aromatic heterocycles. The van der Waals surface area contributed by atoms with Crippen molar-refractivity contribution in [2.45, 2.75) is 5.41 Å². The summed E-state index contributed by atoms with van der Waals surface area (Å²) >= 11 is 0. The SMILES string of the molecule is c1ccc2c(c1)Oc1ccccc1C21c2cc(-c3ccc4c(c3)c3ccccc3n4-c3cc(-n4c5ccccc5c5ccccc54)ccn3)cnc2-c2ncc(-n3c4ccccc4c4ccccc43)cc21. The first-order valence-corrected chi connectivity index (χ1v) is 24.1. The average molecular weight is 907 g/mol. The molecular formula is C64H38N6O. The van der Waals surface area contributed by atoms with Gasteiger partial charge in [0.25, 0.3) is 0 Å². The van der Waals surface area contributed by atoms with Crippen molar-refractivity contribution in [2.75, 3.05) is 0 Å². The zero-order valence-electron chi connectivity index (χ0n) is 38.0. The summed E-state index contributed by atoms with van der Waals surface area (Å²) in [5.41, 5.74) is 16.1. The maximum Gasteiger partial charge on any atom is 0.139 e. The van der Waals surface area contributed by atoms with Gasteiger partial charge in [0, 0.05) is 78.6 Å². The minimum Gasteiger partial charge on any atom is -0.457 e. The fraction of sp³-hybridized carbons (Fsp3) is 0.0156. The third-order valence-corrected chi connectivity index (χ3v) is 15.2. The number of pyridine rings is 3. The van der Waals surface area contributed by atoms with Crippen LogP contribution < -0.4 is 4.74 Å². The van der Waals surface area contributed by atoms with E-state index in [4.69, 9.17) is 19.7 Å². The Labute approximate surface area is 406 Å². The van der Waals surface area contributed by atoms with Gasteiger partial charge in [0.05, 0.1) is 67.5 Å². The van der Waals surface area contributed by atoms with E-state index in [2.05, 4.69) is 226 Å². The topological polar surface area (TPSA) is 62.7 Å². The van der Waals surface area contributed by atoms with Gasteiger partial charge >= 0.3 is 0 Å². The van der Waals surface area contributed by atoms with Crippen molar-refractivity contribution < 1.29 is 4.74 Å². The lowest BCUT2D eigenvalue weighted by atomic mass is 9.66. The van der Waals surface area contributed by atoms with E-state index in [1.165, 1.54) is 21.5 Å². The van der Waals surface area contributed by atoms with Gasteiger partial charge in [-0.3, -0.25) is 14.5 Å². The summed E-state index contributed by atoms with van der Waals surface area (Å²) < 4.78 is 13.8. The number of fused-ring (bicyclic) bond motifs is 18. The summed E-state index contributed by atoms with van der Waals surface area (Å²) in [7, 11) is 0. The summed E-state index contributed by atoms with van der Waals surface area (Å²) in [6.07, 6.45) is 5.98. The fourth-order valence-corrected chi connectivity index (χ4v) is 12.3. The summed E-state index contributed by atoms with van der Waals surface area (Å²) in [5.74, 6) is 2.50. The van der Waals surface area contributed by atoms with Gasteiger partial charge in [0.1, 0.15) is 17.3 Å². The second-order valence-corrected chi connectivity index (χ2v) is 18.8. The molecule has 16 rings (SSSR count). The van der Waals surface area contributed by atoms with Gasteiger partial charge in [-0.25, -0.2) is 4.98 Å². The van der Waals surface area contributed by atoms with Crippen LogP contribution >= 0.6 is 0 Å². The molecule has 7 heteroatoms. The zero-order valence-corrected chi connectivity index (χ0v) is 38.0. The molecule has 330 valence electrons. The van der Waals surface area contributed by atoms with Crippen LogP contribution in [0.2, 0.25) is 0 Å². The quantitative estimate of drug-likeness (QED) is 0.176. The lowest BCUT2D eigenvalue weighted by Gasteiger charge is -2.39. The van der Waals surface area contributed by atoms with Crippen LogP contribution in [0.4, 0.5) is 0 Å². The number of hydrogen-bond donors (Lipinski definition) is 0. The molecule has 0 N–H and O–H groups in total. The van der Waals surface area contributed by atoms with E-state index >= 15 is 0 Å². The van der Waals surface area contributed by atoms with Crippen LogP contribution in [-0.4, -0.2) is 28.7 Å². The molecule has 1 spiro atoms. The Hall–Kier alpha value is -9.59. The Kier molecular flexibility index (Phi) is 7.69. The monoisotopic (exact) mass is 906 g/mol. The lowest BCUT2D eigenvalue weighted by Crippen LogP contribution is -2.32. The van der Waals surface area contributed by atoms with Crippen LogP contribution in [0.1, 0.15) is 22.3 Å². The Morgan fingerprint density at radius 1 is 0.324 bits per heavy atom. The van der Waals surface area contributed by atoms with Crippen molar-refractivity contribution in [1.82, 2.24) is 28.7 Å². The largest absolute Gasteiger partial charge is 0.457 e. The summed E-state index contributed by atoms with van der Waals surface area (Å²) in [4.78, 5) is 15.9. The van der Waals surface area contributed by atoms with E-state index in [-0.39, 0.29) is 0 Å². The average Bonchev–Trinajstić information content (AvgIpc) is 4.15. The van der Waals surface area contributed by atoms with Crippen LogP contribution in [0.5, 0.6) is 11.5 Å². The minimum absolute atomic E-state index is 0.784. The van der Waals surface area contributed by atoms with E-state index in [0.717, 1.165) is 117 Å². The maximum absolute atomic E-state index is 6.77. The first kappa shape index (κ1) is 38.4. The van der Waals surface area contributed by atoms with Gasteiger partial charge in [0.2, 0.25) is 0 Å². The number of benzene rings is 8. The number of rotatable bonds is 4. The fourth-order valence-electron chi connectivity index (χ4n) is 12.3. The van der Waals surface area contributed by atoms with Gasteiger partial charge in [-0.2, -0.15) is 0 Å². The molecule has 1 aliphatic heterocycles. The van der Waals surface area contributed by atoms with Crippen molar-refractivity contribution in [3.05, 3.63) is 253 Å². The highest BCUT2D eigenvalue weighted by Crippen LogP contribution is 2.62. The first-order valence-electron chi connectivity index (χ1n) is 24.1. The van der Waals surface area contributed by atoms with Crippen LogP contribution in [0.25, 0.3) is 105 Å². The molecule has 0 radical (unpaired) electrons. The highest BCUT2D eigenvalue weighted by atomic mass is 16.5. The van der Waals surface area contributed by atoms with Crippen LogP contribution in [-0.2, 0) is 5.41 Å². The van der Waals surface area contributed by atoms with Gasteiger partial charge < -0.3 is 13.9 Å². The molecule has 8 aromatic carbocycles. The van der Waals surface area contributed by atoms with E-state index in [9.17, 15) is 0 Å². The molecule has 0 saturated heterocycles. The lowest BCUT2D eigenvalue weighted by molar-refractivity contribution is 0.436. The van der Waals surface area contributed by atoms with Crippen LogP contribution in [0.3, 0.4) is 0 Å². The number of aromatic nitrogens is 6. The molecule has 0 fully saturated rings. The predicted molar refractivity (Wildman–Crippen MR) is 286 cm³/mol.